The number of aryl methyl sites for hydroxylation is 2. The highest BCUT2D eigenvalue weighted by Crippen LogP contribution is 2.20. The van der Waals surface area contributed by atoms with E-state index in [-0.39, 0.29) is 5.91 Å². The molecule has 4 nitrogen and oxygen atoms in total. The van der Waals surface area contributed by atoms with Gasteiger partial charge in [-0.3, -0.25) is 9.78 Å². The number of nitrogens with zero attached hydrogens (tertiary/aromatic N) is 2. The number of hydrogen-bond donors (Lipinski definition) is 1. The van der Waals surface area contributed by atoms with Crippen molar-refractivity contribution in [2.75, 3.05) is 0 Å². The van der Waals surface area contributed by atoms with Crippen molar-refractivity contribution in [3.05, 3.63) is 77.9 Å². The van der Waals surface area contributed by atoms with Crippen LogP contribution in [0, 0.1) is 6.92 Å². The first-order valence-corrected chi connectivity index (χ1v) is 7.54. The van der Waals surface area contributed by atoms with E-state index in [0.29, 0.717) is 12.2 Å². The van der Waals surface area contributed by atoms with Crippen LogP contribution in [0.1, 0.15) is 21.6 Å². The number of carbonyl (C=O) groups excluding carboxylic acids is 1. The molecule has 116 valence electrons. The van der Waals surface area contributed by atoms with Gasteiger partial charge in [-0.1, -0.05) is 29.8 Å². The molecule has 0 atom stereocenters. The summed E-state index contributed by atoms with van der Waals surface area (Å²) in [6, 6.07) is 13.9. The number of carbonyl (C=O) groups is 1. The van der Waals surface area contributed by atoms with Crippen LogP contribution in [-0.4, -0.2) is 15.5 Å². The standard InChI is InChI=1S/C19H19N3O/c1-14-3-5-15(6-4-14)12-21-19(23)18-11-17(13-22(18)2)16-7-9-20-10-8-16/h3-11,13H,12H2,1-2H3,(H,21,23). The highest BCUT2D eigenvalue weighted by atomic mass is 16.1. The lowest BCUT2D eigenvalue weighted by molar-refractivity contribution is 0.0943. The molecule has 0 saturated heterocycles. The van der Waals surface area contributed by atoms with Crippen LogP contribution < -0.4 is 5.32 Å². The molecule has 1 aromatic carbocycles. The third-order valence-corrected chi connectivity index (χ3v) is 3.82. The Balaban J connectivity index is 1.72. The Labute approximate surface area is 135 Å². The molecule has 0 spiro atoms. The van der Waals surface area contributed by atoms with Gasteiger partial charge in [0.1, 0.15) is 5.69 Å². The molecule has 0 bridgehead atoms. The molecule has 0 aliphatic rings. The summed E-state index contributed by atoms with van der Waals surface area (Å²) in [6.45, 7) is 2.57. The quantitative estimate of drug-likeness (QED) is 0.803. The van der Waals surface area contributed by atoms with Crippen LogP contribution in [-0.2, 0) is 13.6 Å². The van der Waals surface area contributed by atoms with Crippen molar-refractivity contribution in [3.63, 3.8) is 0 Å². The number of pyridine rings is 1. The van der Waals surface area contributed by atoms with Gasteiger partial charge in [-0.15, -0.1) is 0 Å². The van der Waals surface area contributed by atoms with Gasteiger partial charge in [0.15, 0.2) is 0 Å². The van der Waals surface area contributed by atoms with Crippen LogP contribution in [0.2, 0.25) is 0 Å². The summed E-state index contributed by atoms with van der Waals surface area (Å²) >= 11 is 0. The number of rotatable bonds is 4. The van der Waals surface area contributed by atoms with E-state index in [2.05, 4.69) is 10.3 Å². The Bertz CT molecular complexity index is 804. The molecule has 0 radical (unpaired) electrons. The van der Waals surface area contributed by atoms with Crippen LogP contribution in [0.5, 0.6) is 0 Å². The molecule has 0 fully saturated rings. The van der Waals surface area contributed by atoms with Crippen molar-refractivity contribution in [3.8, 4) is 11.1 Å². The van der Waals surface area contributed by atoms with Gasteiger partial charge in [0.25, 0.3) is 5.91 Å². The van der Waals surface area contributed by atoms with E-state index in [1.807, 2.05) is 67.2 Å². The summed E-state index contributed by atoms with van der Waals surface area (Å²) in [7, 11) is 1.88. The van der Waals surface area contributed by atoms with Crippen molar-refractivity contribution in [1.82, 2.24) is 14.9 Å². The number of benzene rings is 1. The van der Waals surface area contributed by atoms with Crippen molar-refractivity contribution in [2.24, 2.45) is 7.05 Å². The molecule has 0 saturated carbocycles. The largest absolute Gasteiger partial charge is 0.347 e. The molecule has 1 amide bonds. The zero-order chi connectivity index (χ0) is 16.2. The topological polar surface area (TPSA) is 46.9 Å². The summed E-state index contributed by atoms with van der Waals surface area (Å²) in [4.78, 5) is 16.4. The van der Waals surface area contributed by atoms with E-state index in [0.717, 1.165) is 16.7 Å². The smallest absolute Gasteiger partial charge is 0.268 e. The van der Waals surface area contributed by atoms with Gasteiger partial charge in [-0.25, -0.2) is 0 Å². The summed E-state index contributed by atoms with van der Waals surface area (Å²) < 4.78 is 1.85. The first kappa shape index (κ1) is 15.0. The van der Waals surface area contributed by atoms with Crippen molar-refractivity contribution in [2.45, 2.75) is 13.5 Å². The molecule has 3 aromatic rings. The van der Waals surface area contributed by atoms with Crippen LogP contribution in [0.3, 0.4) is 0 Å². The number of amides is 1. The monoisotopic (exact) mass is 305 g/mol. The average molecular weight is 305 g/mol. The maximum absolute atomic E-state index is 12.4. The predicted molar refractivity (Wildman–Crippen MR) is 91.0 cm³/mol. The lowest BCUT2D eigenvalue weighted by Crippen LogP contribution is -2.24. The van der Waals surface area contributed by atoms with Gasteiger partial charge in [0.05, 0.1) is 0 Å². The Morgan fingerprint density at radius 3 is 2.48 bits per heavy atom. The average Bonchev–Trinajstić information content (AvgIpc) is 2.97. The molecule has 3 rings (SSSR count). The van der Waals surface area contributed by atoms with Crippen molar-refractivity contribution in [1.29, 1.82) is 0 Å². The number of nitrogens with one attached hydrogen (secondary N) is 1. The molecular weight excluding hydrogens is 286 g/mol. The van der Waals surface area contributed by atoms with Gasteiger partial charge in [0, 0.05) is 37.7 Å². The fraction of sp³-hybridized carbons (Fsp3) is 0.158. The molecule has 2 aromatic heterocycles. The maximum Gasteiger partial charge on any atom is 0.268 e. The minimum atomic E-state index is -0.0756. The van der Waals surface area contributed by atoms with Crippen molar-refractivity contribution < 1.29 is 4.79 Å². The van der Waals surface area contributed by atoms with Gasteiger partial charge < -0.3 is 9.88 Å². The van der Waals surface area contributed by atoms with E-state index >= 15 is 0 Å². The van der Waals surface area contributed by atoms with Crippen LogP contribution in [0.15, 0.2) is 61.1 Å². The third-order valence-electron chi connectivity index (χ3n) is 3.82. The second kappa shape index (κ2) is 6.48. The lowest BCUT2D eigenvalue weighted by atomic mass is 10.1. The molecule has 0 aliphatic heterocycles. The predicted octanol–water partition coefficient (Wildman–Crippen LogP) is 3.33. The Morgan fingerprint density at radius 2 is 1.78 bits per heavy atom. The summed E-state index contributed by atoms with van der Waals surface area (Å²) in [5, 5.41) is 2.97. The fourth-order valence-corrected chi connectivity index (χ4v) is 2.47. The molecule has 0 aliphatic carbocycles. The lowest BCUT2D eigenvalue weighted by Gasteiger charge is -2.06. The van der Waals surface area contributed by atoms with E-state index in [1.54, 1.807) is 12.4 Å². The van der Waals surface area contributed by atoms with E-state index in [1.165, 1.54) is 5.56 Å². The molecule has 2 heterocycles. The molecule has 1 N–H and O–H groups in total. The van der Waals surface area contributed by atoms with Gasteiger partial charge in [-0.05, 0) is 36.2 Å². The third kappa shape index (κ3) is 3.48. The molecule has 0 unspecified atom stereocenters. The second-order valence-electron chi connectivity index (χ2n) is 5.63. The SMILES string of the molecule is Cc1ccc(CNC(=O)c2cc(-c3ccncc3)cn2C)cc1. The minimum Gasteiger partial charge on any atom is -0.347 e. The van der Waals surface area contributed by atoms with Crippen LogP contribution >= 0.6 is 0 Å². The number of aromatic nitrogens is 2. The van der Waals surface area contributed by atoms with Gasteiger partial charge >= 0.3 is 0 Å². The zero-order valence-electron chi connectivity index (χ0n) is 13.3. The molecular formula is C19H19N3O. The van der Waals surface area contributed by atoms with E-state index < -0.39 is 0 Å². The first-order chi connectivity index (χ1) is 11.1. The zero-order valence-corrected chi connectivity index (χ0v) is 13.3. The van der Waals surface area contributed by atoms with E-state index in [4.69, 9.17) is 0 Å². The van der Waals surface area contributed by atoms with Gasteiger partial charge in [0.2, 0.25) is 0 Å². The Morgan fingerprint density at radius 1 is 1.09 bits per heavy atom. The summed E-state index contributed by atoms with van der Waals surface area (Å²) in [5.41, 5.74) is 5.00. The first-order valence-electron chi connectivity index (χ1n) is 7.54. The summed E-state index contributed by atoms with van der Waals surface area (Å²) in [5.74, 6) is -0.0756. The summed E-state index contributed by atoms with van der Waals surface area (Å²) in [6.07, 6.45) is 5.45. The van der Waals surface area contributed by atoms with Crippen molar-refractivity contribution >= 4 is 5.91 Å². The highest BCUT2D eigenvalue weighted by molar-refractivity contribution is 5.94. The van der Waals surface area contributed by atoms with E-state index in [9.17, 15) is 4.79 Å². The second-order valence-corrected chi connectivity index (χ2v) is 5.63. The normalized spacial score (nSPS) is 10.5. The minimum absolute atomic E-state index is 0.0756. The maximum atomic E-state index is 12.4. The Kier molecular flexibility index (Phi) is 4.24. The number of hydrogen-bond acceptors (Lipinski definition) is 2. The Hall–Kier alpha value is -2.88. The highest BCUT2D eigenvalue weighted by Gasteiger charge is 2.12. The van der Waals surface area contributed by atoms with Crippen LogP contribution in [0.4, 0.5) is 0 Å². The van der Waals surface area contributed by atoms with Crippen LogP contribution in [0.25, 0.3) is 11.1 Å². The molecule has 4 heteroatoms. The fourth-order valence-electron chi connectivity index (χ4n) is 2.47. The van der Waals surface area contributed by atoms with Gasteiger partial charge in [-0.2, -0.15) is 0 Å². The molecule has 23 heavy (non-hydrogen) atoms.